The number of aliphatic hydroxyl groups is 2. The Morgan fingerprint density at radius 2 is 1.88 bits per heavy atom. The van der Waals surface area contributed by atoms with E-state index in [0.29, 0.717) is 24.6 Å². The number of nitrogens with zero attached hydrogens (tertiary/aromatic N) is 1. The van der Waals surface area contributed by atoms with Crippen molar-refractivity contribution in [2.45, 2.75) is 101 Å². The molecule has 5 heteroatoms. The maximum Gasteiger partial charge on any atom is 0.165 e. The molecule has 0 radical (unpaired) electrons. The van der Waals surface area contributed by atoms with Crippen molar-refractivity contribution >= 4 is 0 Å². The van der Waals surface area contributed by atoms with Crippen LogP contribution in [0.2, 0.25) is 0 Å². The maximum absolute atomic E-state index is 12.6. The van der Waals surface area contributed by atoms with Gasteiger partial charge in [-0.15, -0.1) is 0 Å². The molecular formula is C28H37NO4. The SMILES string of the molecule is CC(C)(C)[C@]1(O)C[C@@]12C[C@@]13CC[C@]2(O)[C@@H]2Oc4c(O)ccc5c4[C@@]21CCN(CC1CC1)[C@@H]3C5. The minimum Gasteiger partial charge on any atom is -0.504 e. The van der Waals surface area contributed by atoms with Crippen molar-refractivity contribution in [3.05, 3.63) is 23.3 Å². The van der Waals surface area contributed by atoms with Crippen molar-refractivity contribution in [1.29, 1.82) is 0 Å². The molecule has 6 fully saturated rings. The lowest BCUT2D eigenvalue weighted by molar-refractivity contribution is -0.292. The molecule has 1 aromatic carbocycles. The van der Waals surface area contributed by atoms with E-state index in [4.69, 9.17) is 4.74 Å². The van der Waals surface area contributed by atoms with Gasteiger partial charge in [0.05, 0.1) is 5.60 Å². The molecule has 7 atom stereocenters. The minimum absolute atomic E-state index is 0.0168. The van der Waals surface area contributed by atoms with Crippen molar-refractivity contribution < 1.29 is 20.1 Å². The summed E-state index contributed by atoms with van der Waals surface area (Å²) in [6.45, 7) is 8.60. The Hall–Kier alpha value is -1.30. The number of rotatable bonds is 2. The lowest BCUT2D eigenvalue weighted by Gasteiger charge is -2.74. The fourth-order valence-corrected chi connectivity index (χ4v) is 10.3. The molecule has 3 spiro atoms. The van der Waals surface area contributed by atoms with Gasteiger partial charge in [-0.2, -0.15) is 0 Å². The topological polar surface area (TPSA) is 73.2 Å². The molecule has 8 aliphatic rings. The van der Waals surface area contributed by atoms with Crippen molar-refractivity contribution in [2.75, 3.05) is 13.1 Å². The van der Waals surface area contributed by atoms with Crippen LogP contribution in [0.1, 0.15) is 76.8 Å². The summed E-state index contributed by atoms with van der Waals surface area (Å²) >= 11 is 0. The second-order valence-corrected chi connectivity index (χ2v) is 14.0. The third-order valence-electron chi connectivity index (χ3n) is 12.0. The average molecular weight is 452 g/mol. The highest BCUT2D eigenvalue weighted by Gasteiger charge is 2.92. The van der Waals surface area contributed by atoms with Gasteiger partial charge in [0, 0.05) is 34.4 Å². The molecule has 5 nitrogen and oxygen atoms in total. The number of phenols is 1. The van der Waals surface area contributed by atoms with Gasteiger partial charge < -0.3 is 20.1 Å². The number of fused-ring (bicyclic) bond motifs is 1. The van der Waals surface area contributed by atoms with Gasteiger partial charge in [0.15, 0.2) is 11.5 Å². The molecule has 0 amide bonds. The van der Waals surface area contributed by atoms with Crippen LogP contribution in [0.4, 0.5) is 0 Å². The molecule has 1 saturated heterocycles. The highest BCUT2D eigenvalue weighted by Crippen LogP contribution is 2.86. The standard InChI is InChI=1S/C28H37NO4/c1-23(2,3)28(32)15-25(28)14-24-8-9-27(25,31)22-26(24)10-11-29(13-16-4-5-16)19(24)12-17-6-7-18(30)21(33-22)20(17)26/h6-7,16,19,22,30-32H,4-5,8-15H2,1-3H3/t19-,22-,24-,25-,26+,27+,28-/m1/s1. The van der Waals surface area contributed by atoms with Crippen LogP contribution in [0.15, 0.2) is 12.1 Å². The van der Waals surface area contributed by atoms with Crippen LogP contribution in [-0.2, 0) is 11.8 Å². The van der Waals surface area contributed by atoms with Crippen LogP contribution in [0, 0.1) is 22.2 Å². The molecule has 2 heterocycles. The number of phenolic OH excluding ortho intramolecular Hbond substituents is 1. The summed E-state index contributed by atoms with van der Waals surface area (Å²) in [5, 5.41) is 35.5. The second kappa shape index (κ2) is 5.27. The van der Waals surface area contributed by atoms with E-state index in [9.17, 15) is 15.3 Å². The Morgan fingerprint density at radius 3 is 2.58 bits per heavy atom. The fourth-order valence-electron chi connectivity index (χ4n) is 10.3. The predicted octanol–water partition coefficient (Wildman–Crippen LogP) is 3.51. The zero-order valence-corrected chi connectivity index (χ0v) is 20.2. The van der Waals surface area contributed by atoms with Crippen LogP contribution >= 0.6 is 0 Å². The maximum atomic E-state index is 12.6. The van der Waals surface area contributed by atoms with E-state index < -0.39 is 16.6 Å². The number of ether oxygens (including phenoxy) is 1. The van der Waals surface area contributed by atoms with Gasteiger partial charge >= 0.3 is 0 Å². The first-order valence-electron chi connectivity index (χ1n) is 13.2. The number of benzene rings is 1. The highest BCUT2D eigenvalue weighted by atomic mass is 16.5. The number of piperidine rings is 1. The molecule has 9 rings (SSSR count). The second-order valence-electron chi connectivity index (χ2n) is 14.0. The molecule has 178 valence electrons. The molecule has 5 saturated carbocycles. The molecule has 0 aromatic heterocycles. The molecule has 33 heavy (non-hydrogen) atoms. The van der Waals surface area contributed by atoms with E-state index in [1.54, 1.807) is 6.07 Å². The lowest BCUT2D eigenvalue weighted by atomic mass is 9.33. The van der Waals surface area contributed by atoms with Crippen molar-refractivity contribution in [3.63, 3.8) is 0 Å². The zero-order valence-electron chi connectivity index (χ0n) is 20.2. The van der Waals surface area contributed by atoms with Gasteiger partial charge in [-0.3, -0.25) is 4.90 Å². The average Bonchev–Trinajstić information content (AvgIpc) is 3.63. The summed E-state index contributed by atoms with van der Waals surface area (Å²) < 4.78 is 6.72. The molecular weight excluding hydrogens is 414 g/mol. The first kappa shape index (κ1) is 19.9. The van der Waals surface area contributed by atoms with Crippen molar-refractivity contribution in [1.82, 2.24) is 4.90 Å². The summed E-state index contributed by atoms with van der Waals surface area (Å²) in [5.74, 6) is 1.69. The summed E-state index contributed by atoms with van der Waals surface area (Å²) in [5.41, 5.74) is -0.534. The molecule has 2 aliphatic heterocycles. The minimum atomic E-state index is -1.07. The van der Waals surface area contributed by atoms with E-state index in [0.717, 1.165) is 38.1 Å². The third-order valence-corrected chi connectivity index (χ3v) is 12.0. The van der Waals surface area contributed by atoms with Crippen LogP contribution in [0.5, 0.6) is 11.5 Å². The molecule has 4 bridgehead atoms. The van der Waals surface area contributed by atoms with Gasteiger partial charge in [0.25, 0.3) is 0 Å². The fraction of sp³-hybridized carbons (Fsp3) is 0.786. The Kier molecular flexibility index (Phi) is 3.18. The monoisotopic (exact) mass is 451 g/mol. The Morgan fingerprint density at radius 1 is 1.09 bits per heavy atom. The summed E-state index contributed by atoms with van der Waals surface area (Å²) in [7, 11) is 0. The van der Waals surface area contributed by atoms with Gasteiger partial charge in [0.2, 0.25) is 0 Å². The van der Waals surface area contributed by atoms with Crippen LogP contribution in [0.25, 0.3) is 0 Å². The quantitative estimate of drug-likeness (QED) is 0.642. The van der Waals surface area contributed by atoms with E-state index in [1.807, 2.05) is 0 Å². The normalized spacial score (nSPS) is 50.9. The molecule has 0 unspecified atom stereocenters. The predicted molar refractivity (Wildman–Crippen MR) is 123 cm³/mol. The Balaban J connectivity index is 1.38. The van der Waals surface area contributed by atoms with E-state index in [-0.39, 0.29) is 28.1 Å². The first-order chi connectivity index (χ1) is 15.5. The van der Waals surface area contributed by atoms with Gasteiger partial charge in [-0.25, -0.2) is 0 Å². The van der Waals surface area contributed by atoms with Crippen LogP contribution in [-0.4, -0.2) is 56.7 Å². The van der Waals surface area contributed by atoms with Gasteiger partial charge in [-0.05, 0) is 80.9 Å². The third kappa shape index (κ3) is 1.83. The molecule has 3 N–H and O–H groups in total. The number of aromatic hydroxyl groups is 1. The van der Waals surface area contributed by atoms with Crippen LogP contribution in [0.3, 0.4) is 0 Å². The van der Waals surface area contributed by atoms with Gasteiger partial charge in [0.1, 0.15) is 11.7 Å². The van der Waals surface area contributed by atoms with Crippen LogP contribution < -0.4 is 4.74 Å². The van der Waals surface area contributed by atoms with E-state index in [2.05, 4.69) is 31.7 Å². The number of likely N-dealkylation sites (tertiary alicyclic amines) is 1. The molecule has 6 aliphatic carbocycles. The molecule has 1 aromatic rings. The Bertz CT molecular complexity index is 1110. The number of hydrogen-bond donors (Lipinski definition) is 3. The Labute approximate surface area is 196 Å². The summed E-state index contributed by atoms with van der Waals surface area (Å²) in [4.78, 5) is 2.79. The van der Waals surface area contributed by atoms with E-state index in [1.165, 1.54) is 30.5 Å². The van der Waals surface area contributed by atoms with Crippen molar-refractivity contribution in [2.24, 2.45) is 22.2 Å². The van der Waals surface area contributed by atoms with Gasteiger partial charge in [-0.1, -0.05) is 26.8 Å². The van der Waals surface area contributed by atoms with Crippen molar-refractivity contribution in [3.8, 4) is 11.5 Å². The summed E-state index contributed by atoms with van der Waals surface area (Å²) in [6.07, 6.45) is 7.53. The first-order valence-corrected chi connectivity index (χ1v) is 13.2. The largest absolute Gasteiger partial charge is 0.504 e. The highest BCUT2D eigenvalue weighted by molar-refractivity contribution is 5.64. The van der Waals surface area contributed by atoms with E-state index >= 15 is 0 Å². The smallest absolute Gasteiger partial charge is 0.165 e. The summed E-state index contributed by atoms with van der Waals surface area (Å²) in [6, 6.07) is 4.34. The number of hydrogen-bond acceptors (Lipinski definition) is 5. The zero-order chi connectivity index (χ0) is 22.8. The lowest BCUT2D eigenvalue weighted by Crippen LogP contribution is -2.82.